The third-order valence-corrected chi connectivity index (χ3v) is 3.64. The van der Waals surface area contributed by atoms with Crippen molar-refractivity contribution in [2.45, 2.75) is 19.3 Å². The van der Waals surface area contributed by atoms with Crippen LogP contribution in [-0.2, 0) is 11.2 Å². The number of nitriles is 1. The summed E-state index contributed by atoms with van der Waals surface area (Å²) in [6.07, 6.45) is 1.69. The van der Waals surface area contributed by atoms with Crippen molar-refractivity contribution >= 4 is 33.2 Å². The summed E-state index contributed by atoms with van der Waals surface area (Å²) in [6.45, 7) is -0.0926. The fourth-order valence-electron chi connectivity index (χ4n) is 2.13. The number of rotatable bonds is 2. The van der Waals surface area contributed by atoms with Crippen LogP contribution in [0.25, 0.3) is 0 Å². The molecule has 0 saturated heterocycles. The Balaban J connectivity index is 2.59. The maximum absolute atomic E-state index is 11.9. The van der Waals surface area contributed by atoms with E-state index in [1.54, 1.807) is 6.07 Å². The minimum atomic E-state index is -0.510. The molecule has 7 heteroatoms. The maximum Gasteiger partial charge on any atom is 0.285 e. The van der Waals surface area contributed by atoms with Crippen LogP contribution in [0.4, 0.5) is 11.4 Å². The van der Waals surface area contributed by atoms with E-state index in [9.17, 15) is 14.9 Å². The SMILES string of the molecule is N#CCN1C(=O)CCCc2cc(Br)c([N+](=O)[O-])cc21. The van der Waals surface area contributed by atoms with E-state index < -0.39 is 4.92 Å². The van der Waals surface area contributed by atoms with Crippen molar-refractivity contribution in [3.8, 4) is 6.07 Å². The fraction of sp³-hybridized carbons (Fsp3) is 0.333. The number of fused-ring (bicyclic) bond motifs is 1. The third kappa shape index (κ3) is 2.58. The van der Waals surface area contributed by atoms with E-state index in [0.717, 1.165) is 5.56 Å². The van der Waals surface area contributed by atoms with Gasteiger partial charge in [-0.1, -0.05) is 0 Å². The predicted molar refractivity (Wildman–Crippen MR) is 71.7 cm³/mol. The smallest absolute Gasteiger partial charge is 0.285 e. The van der Waals surface area contributed by atoms with Gasteiger partial charge in [0.05, 0.1) is 21.2 Å². The summed E-state index contributed by atoms with van der Waals surface area (Å²) in [6, 6.07) is 4.95. The molecule has 1 aromatic rings. The number of halogens is 1. The topological polar surface area (TPSA) is 87.2 Å². The Bertz CT molecular complexity index is 595. The number of benzene rings is 1. The molecule has 0 N–H and O–H groups in total. The summed E-state index contributed by atoms with van der Waals surface area (Å²) in [5.74, 6) is -0.170. The number of anilines is 1. The summed E-state index contributed by atoms with van der Waals surface area (Å²) in [5, 5.41) is 19.7. The lowest BCUT2D eigenvalue weighted by Crippen LogP contribution is -2.30. The molecule has 2 rings (SSSR count). The molecule has 1 aromatic carbocycles. The van der Waals surface area contributed by atoms with E-state index >= 15 is 0 Å². The van der Waals surface area contributed by atoms with Crippen LogP contribution in [0.2, 0.25) is 0 Å². The van der Waals surface area contributed by atoms with Crippen molar-refractivity contribution in [1.29, 1.82) is 5.26 Å². The first-order valence-corrected chi connectivity index (χ1v) is 6.48. The quantitative estimate of drug-likeness (QED) is 0.475. The Kier molecular flexibility index (Phi) is 3.81. The summed E-state index contributed by atoms with van der Waals surface area (Å²) >= 11 is 3.17. The van der Waals surface area contributed by atoms with Gasteiger partial charge in [0.2, 0.25) is 5.91 Å². The molecule has 0 radical (unpaired) electrons. The molecule has 1 aliphatic heterocycles. The Hall–Kier alpha value is -1.94. The summed E-state index contributed by atoms with van der Waals surface area (Å²) in [4.78, 5) is 23.7. The van der Waals surface area contributed by atoms with Crippen LogP contribution >= 0.6 is 15.9 Å². The number of nitro groups is 1. The van der Waals surface area contributed by atoms with Gasteiger partial charge in [-0.2, -0.15) is 5.26 Å². The second-order valence-electron chi connectivity index (χ2n) is 4.18. The molecule has 19 heavy (non-hydrogen) atoms. The number of hydrogen-bond acceptors (Lipinski definition) is 4. The van der Waals surface area contributed by atoms with Crippen LogP contribution in [0.1, 0.15) is 18.4 Å². The van der Waals surface area contributed by atoms with Gasteiger partial charge in [-0.05, 0) is 40.4 Å². The lowest BCUT2D eigenvalue weighted by Gasteiger charge is -2.19. The van der Waals surface area contributed by atoms with Gasteiger partial charge in [0.15, 0.2) is 0 Å². The zero-order valence-electron chi connectivity index (χ0n) is 9.93. The number of carbonyl (C=O) groups excluding carboxylic acids is 1. The van der Waals surface area contributed by atoms with Gasteiger partial charge in [0.1, 0.15) is 6.54 Å². The molecule has 6 nitrogen and oxygen atoms in total. The molecule has 0 atom stereocenters. The monoisotopic (exact) mass is 323 g/mol. The van der Waals surface area contributed by atoms with Crippen molar-refractivity contribution < 1.29 is 9.72 Å². The molecule has 0 bridgehead atoms. The first-order valence-electron chi connectivity index (χ1n) is 5.68. The van der Waals surface area contributed by atoms with E-state index in [1.807, 2.05) is 6.07 Å². The number of amides is 1. The summed E-state index contributed by atoms with van der Waals surface area (Å²) in [5.41, 5.74) is 1.22. The van der Waals surface area contributed by atoms with Crippen molar-refractivity contribution in [1.82, 2.24) is 0 Å². The second kappa shape index (κ2) is 5.36. The summed E-state index contributed by atoms with van der Waals surface area (Å²) < 4.78 is 0.391. The van der Waals surface area contributed by atoms with Crippen LogP contribution in [0.15, 0.2) is 16.6 Å². The van der Waals surface area contributed by atoms with Crippen LogP contribution in [-0.4, -0.2) is 17.4 Å². The predicted octanol–water partition coefficient (Wildman–Crippen LogP) is 2.55. The van der Waals surface area contributed by atoms with Gasteiger partial charge in [-0.15, -0.1) is 0 Å². The molecule has 1 aliphatic rings. The van der Waals surface area contributed by atoms with Crippen molar-refractivity contribution in [2.75, 3.05) is 11.4 Å². The van der Waals surface area contributed by atoms with Crippen LogP contribution < -0.4 is 4.90 Å². The van der Waals surface area contributed by atoms with Crippen molar-refractivity contribution in [3.05, 3.63) is 32.3 Å². The second-order valence-corrected chi connectivity index (χ2v) is 5.04. The highest BCUT2D eigenvalue weighted by molar-refractivity contribution is 9.10. The van der Waals surface area contributed by atoms with E-state index in [1.165, 1.54) is 11.0 Å². The molecule has 0 aromatic heterocycles. The highest BCUT2D eigenvalue weighted by Crippen LogP contribution is 2.35. The van der Waals surface area contributed by atoms with Crippen LogP contribution in [0.5, 0.6) is 0 Å². The van der Waals surface area contributed by atoms with Gasteiger partial charge in [-0.3, -0.25) is 19.8 Å². The molecular formula is C12H10BrN3O3. The minimum Gasteiger partial charge on any atom is -0.298 e. The fourth-order valence-corrected chi connectivity index (χ4v) is 2.66. The van der Waals surface area contributed by atoms with Crippen LogP contribution in [0, 0.1) is 21.4 Å². The number of carbonyl (C=O) groups is 1. The van der Waals surface area contributed by atoms with Crippen molar-refractivity contribution in [3.63, 3.8) is 0 Å². The zero-order chi connectivity index (χ0) is 14.0. The number of hydrogen-bond donors (Lipinski definition) is 0. The molecule has 0 aliphatic carbocycles. The number of aryl methyl sites for hydroxylation is 1. The molecule has 98 valence electrons. The Morgan fingerprint density at radius 2 is 2.21 bits per heavy atom. The first kappa shape index (κ1) is 13.5. The van der Waals surface area contributed by atoms with Gasteiger partial charge in [0.25, 0.3) is 5.69 Å². The number of nitro benzene ring substituents is 1. The first-order chi connectivity index (χ1) is 9.04. The molecule has 1 amide bonds. The van der Waals surface area contributed by atoms with E-state index in [0.29, 0.717) is 29.4 Å². The molecule has 0 spiro atoms. The molecule has 1 heterocycles. The van der Waals surface area contributed by atoms with E-state index in [-0.39, 0.29) is 18.1 Å². The van der Waals surface area contributed by atoms with Gasteiger partial charge in [-0.25, -0.2) is 0 Å². The maximum atomic E-state index is 11.9. The highest BCUT2D eigenvalue weighted by Gasteiger charge is 2.26. The van der Waals surface area contributed by atoms with Gasteiger partial charge < -0.3 is 0 Å². The molecule has 0 fully saturated rings. The lowest BCUT2D eigenvalue weighted by atomic mass is 10.1. The Labute approximate surface area is 117 Å². The molecular weight excluding hydrogens is 314 g/mol. The zero-order valence-corrected chi connectivity index (χ0v) is 11.5. The number of nitrogens with zero attached hydrogens (tertiary/aromatic N) is 3. The average molecular weight is 324 g/mol. The normalized spacial score (nSPS) is 14.5. The minimum absolute atomic E-state index is 0.0926. The van der Waals surface area contributed by atoms with Crippen LogP contribution in [0.3, 0.4) is 0 Å². The molecule has 0 saturated carbocycles. The van der Waals surface area contributed by atoms with Gasteiger partial charge >= 0.3 is 0 Å². The van der Waals surface area contributed by atoms with E-state index in [2.05, 4.69) is 15.9 Å². The Morgan fingerprint density at radius 3 is 2.84 bits per heavy atom. The largest absolute Gasteiger partial charge is 0.298 e. The van der Waals surface area contributed by atoms with E-state index in [4.69, 9.17) is 5.26 Å². The standard InChI is InChI=1S/C12H10BrN3O3/c13-9-6-8-2-1-3-12(17)15(5-4-14)10(8)7-11(9)16(18)19/h6-7H,1-3,5H2. The Morgan fingerprint density at radius 1 is 1.47 bits per heavy atom. The van der Waals surface area contributed by atoms with Gasteiger partial charge in [0, 0.05) is 12.5 Å². The molecule has 0 unspecified atom stereocenters. The average Bonchev–Trinajstić information content (AvgIpc) is 2.49. The lowest BCUT2D eigenvalue weighted by molar-refractivity contribution is -0.385. The highest BCUT2D eigenvalue weighted by atomic mass is 79.9. The third-order valence-electron chi connectivity index (χ3n) is 3.00. The summed E-state index contributed by atoms with van der Waals surface area (Å²) in [7, 11) is 0. The van der Waals surface area contributed by atoms with Crippen molar-refractivity contribution in [2.24, 2.45) is 0 Å².